The first-order chi connectivity index (χ1) is 19.7. The monoisotopic (exact) mass is 536 g/mol. The molecule has 4 rings (SSSR count). The van der Waals surface area contributed by atoms with Gasteiger partial charge in [-0.25, -0.2) is 0 Å². The Morgan fingerprint density at radius 3 is 1.95 bits per heavy atom. The lowest BCUT2D eigenvalue weighted by molar-refractivity contribution is 0.302. The first-order valence-corrected chi connectivity index (χ1v) is 16.5. The lowest BCUT2D eigenvalue weighted by atomic mass is 9.77. The van der Waals surface area contributed by atoms with Crippen LogP contribution in [-0.2, 0) is 0 Å². The van der Waals surface area contributed by atoms with Crippen LogP contribution in [0.3, 0.4) is 0 Å². The molecule has 3 aromatic carbocycles. The van der Waals surface area contributed by atoms with Crippen molar-refractivity contribution in [2.24, 2.45) is 5.92 Å². The first kappa shape index (κ1) is 30.2. The van der Waals surface area contributed by atoms with Gasteiger partial charge in [0.1, 0.15) is 5.75 Å². The second-order valence-electron chi connectivity index (χ2n) is 12.1. The summed E-state index contributed by atoms with van der Waals surface area (Å²) in [6.45, 7) is 5.36. The Hall–Kier alpha value is -2.72. The fourth-order valence-corrected chi connectivity index (χ4v) is 6.27. The van der Waals surface area contributed by atoms with Crippen molar-refractivity contribution in [3.8, 4) is 17.6 Å². The molecule has 1 heteroatoms. The standard InChI is InChI=1S/C39H52O/c1-3-5-7-9-10-12-14-32-17-22-35(23-18-32)36-24-19-33(20-25-36)15-16-34-21-26-38-31-39(28-27-37(38)30-34)40-29-13-11-8-6-4-2/h19-21,24-28,30-32,35H,3-14,17-18,22-23,29H2,1-2H3/t32-,35-. The van der Waals surface area contributed by atoms with E-state index in [4.69, 9.17) is 4.74 Å². The number of hydrogen-bond donors (Lipinski definition) is 0. The number of ether oxygens (including phenoxy) is 1. The maximum atomic E-state index is 5.99. The molecule has 0 spiro atoms. The summed E-state index contributed by atoms with van der Waals surface area (Å²) in [4.78, 5) is 0. The third-order valence-corrected chi connectivity index (χ3v) is 8.87. The van der Waals surface area contributed by atoms with Crippen molar-refractivity contribution in [2.45, 2.75) is 122 Å². The van der Waals surface area contributed by atoms with E-state index in [1.165, 1.54) is 113 Å². The minimum absolute atomic E-state index is 0.734. The molecule has 1 saturated carbocycles. The zero-order valence-electron chi connectivity index (χ0n) is 25.4. The van der Waals surface area contributed by atoms with Gasteiger partial charge in [0, 0.05) is 11.1 Å². The average molecular weight is 537 g/mol. The van der Waals surface area contributed by atoms with Crippen LogP contribution in [0.15, 0.2) is 60.7 Å². The van der Waals surface area contributed by atoms with Crippen molar-refractivity contribution < 1.29 is 4.74 Å². The lowest BCUT2D eigenvalue weighted by Crippen LogP contribution is -2.13. The maximum absolute atomic E-state index is 5.99. The van der Waals surface area contributed by atoms with E-state index in [9.17, 15) is 0 Å². The minimum Gasteiger partial charge on any atom is -0.494 e. The van der Waals surface area contributed by atoms with Crippen molar-refractivity contribution in [3.05, 3.63) is 77.4 Å². The molecule has 40 heavy (non-hydrogen) atoms. The predicted octanol–water partition coefficient (Wildman–Crippen LogP) is 11.6. The third-order valence-electron chi connectivity index (χ3n) is 8.87. The van der Waals surface area contributed by atoms with Crippen LogP contribution < -0.4 is 4.74 Å². The summed E-state index contributed by atoms with van der Waals surface area (Å²) in [6.07, 6.45) is 21.8. The molecule has 1 aliphatic carbocycles. The first-order valence-electron chi connectivity index (χ1n) is 16.5. The van der Waals surface area contributed by atoms with Crippen molar-refractivity contribution in [1.82, 2.24) is 0 Å². The van der Waals surface area contributed by atoms with E-state index in [-0.39, 0.29) is 0 Å². The van der Waals surface area contributed by atoms with Crippen molar-refractivity contribution in [3.63, 3.8) is 0 Å². The number of unbranched alkanes of at least 4 members (excludes halogenated alkanes) is 9. The van der Waals surface area contributed by atoms with Crippen molar-refractivity contribution >= 4 is 10.8 Å². The molecule has 0 saturated heterocycles. The molecule has 1 aliphatic rings. The van der Waals surface area contributed by atoms with Crippen LogP contribution in [0.4, 0.5) is 0 Å². The van der Waals surface area contributed by atoms with E-state index in [0.29, 0.717) is 0 Å². The highest BCUT2D eigenvalue weighted by molar-refractivity contribution is 5.85. The number of benzene rings is 3. The highest BCUT2D eigenvalue weighted by atomic mass is 16.5. The van der Waals surface area contributed by atoms with Gasteiger partial charge < -0.3 is 4.74 Å². The second-order valence-corrected chi connectivity index (χ2v) is 12.1. The van der Waals surface area contributed by atoms with E-state index >= 15 is 0 Å². The maximum Gasteiger partial charge on any atom is 0.119 e. The Morgan fingerprint density at radius 2 is 1.20 bits per heavy atom. The molecule has 0 aromatic heterocycles. The van der Waals surface area contributed by atoms with Crippen LogP contribution in [0.2, 0.25) is 0 Å². The largest absolute Gasteiger partial charge is 0.494 e. The smallest absolute Gasteiger partial charge is 0.119 e. The van der Waals surface area contributed by atoms with Crippen LogP contribution in [0.25, 0.3) is 10.8 Å². The molecule has 1 nitrogen and oxygen atoms in total. The summed E-state index contributed by atoms with van der Waals surface area (Å²) < 4.78 is 5.99. The SMILES string of the molecule is CCCCCCCC[C@H]1CC[C@H](c2ccc(C#Cc3ccc4cc(OCCCCCCC)ccc4c3)cc2)CC1. The van der Waals surface area contributed by atoms with Crippen LogP contribution in [0, 0.1) is 17.8 Å². The molecule has 0 radical (unpaired) electrons. The van der Waals surface area contributed by atoms with Gasteiger partial charge in [-0.05, 0) is 96.7 Å². The van der Waals surface area contributed by atoms with Crippen molar-refractivity contribution in [2.75, 3.05) is 6.61 Å². The van der Waals surface area contributed by atoms with E-state index in [1.54, 1.807) is 0 Å². The summed E-state index contributed by atoms with van der Waals surface area (Å²) >= 11 is 0. The number of rotatable bonds is 15. The summed E-state index contributed by atoms with van der Waals surface area (Å²) in [6, 6.07) is 22.0. The van der Waals surface area contributed by atoms with Gasteiger partial charge in [-0.2, -0.15) is 0 Å². The molecule has 0 heterocycles. The molecule has 0 amide bonds. The van der Waals surface area contributed by atoms with Gasteiger partial charge in [0.05, 0.1) is 6.61 Å². The van der Waals surface area contributed by atoms with E-state index in [2.05, 4.69) is 86.4 Å². The predicted molar refractivity (Wildman–Crippen MR) is 173 cm³/mol. The zero-order chi connectivity index (χ0) is 27.8. The van der Waals surface area contributed by atoms with E-state index < -0.39 is 0 Å². The topological polar surface area (TPSA) is 9.23 Å². The van der Waals surface area contributed by atoms with Gasteiger partial charge in [0.25, 0.3) is 0 Å². The van der Waals surface area contributed by atoms with Gasteiger partial charge in [0.15, 0.2) is 0 Å². The second kappa shape index (κ2) is 17.2. The highest BCUT2D eigenvalue weighted by Crippen LogP contribution is 2.37. The van der Waals surface area contributed by atoms with Gasteiger partial charge in [0.2, 0.25) is 0 Å². The highest BCUT2D eigenvalue weighted by Gasteiger charge is 2.21. The minimum atomic E-state index is 0.734. The molecular formula is C39H52O. The van der Waals surface area contributed by atoms with Crippen molar-refractivity contribution in [1.29, 1.82) is 0 Å². The van der Waals surface area contributed by atoms with Gasteiger partial charge in [-0.3, -0.25) is 0 Å². The third kappa shape index (κ3) is 10.0. The Bertz CT molecular complexity index is 1190. The molecule has 0 unspecified atom stereocenters. The normalized spacial score (nSPS) is 16.9. The quantitative estimate of drug-likeness (QED) is 0.139. The van der Waals surface area contributed by atoms with Gasteiger partial charge >= 0.3 is 0 Å². The molecular weight excluding hydrogens is 484 g/mol. The molecule has 214 valence electrons. The van der Waals surface area contributed by atoms with Crippen LogP contribution in [-0.4, -0.2) is 6.61 Å². The van der Waals surface area contributed by atoms with Crippen LogP contribution >= 0.6 is 0 Å². The molecule has 0 atom stereocenters. The zero-order valence-corrected chi connectivity index (χ0v) is 25.4. The summed E-state index contributed by atoms with van der Waals surface area (Å²) in [5, 5.41) is 2.42. The van der Waals surface area contributed by atoms with Gasteiger partial charge in [-0.15, -0.1) is 0 Å². The van der Waals surface area contributed by atoms with Crippen LogP contribution in [0.1, 0.15) is 139 Å². The lowest BCUT2D eigenvalue weighted by Gasteiger charge is -2.29. The number of hydrogen-bond acceptors (Lipinski definition) is 1. The van der Waals surface area contributed by atoms with E-state index in [1.807, 2.05) is 0 Å². The molecule has 0 bridgehead atoms. The molecule has 1 fully saturated rings. The Balaban J connectivity index is 1.22. The summed E-state index contributed by atoms with van der Waals surface area (Å²) in [5.41, 5.74) is 3.67. The molecule has 0 aliphatic heterocycles. The Kier molecular flexibility index (Phi) is 13.0. The Labute approximate surface area is 245 Å². The summed E-state index contributed by atoms with van der Waals surface area (Å²) in [7, 11) is 0. The number of fused-ring (bicyclic) bond motifs is 1. The summed E-state index contributed by atoms with van der Waals surface area (Å²) in [5.74, 6) is 9.44. The van der Waals surface area contributed by atoms with Crippen LogP contribution in [0.5, 0.6) is 5.75 Å². The average Bonchev–Trinajstić information content (AvgIpc) is 3.00. The molecule has 3 aromatic rings. The van der Waals surface area contributed by atoms with Gasteiger partial charge in [-0.1, -0.05) is 121 Å². The fourth-order valence-electron chi connectivity index (χ4n) is 6.27. The fraction of sp³-hybridized carbons (Fsp3) is 0.538. The van der Waals surface area contributed by atoms with E-state index in [0.717, 1.165) is 41.7 Å². The molecule has 0 N–H and O–H groups in total. The Morgan fingerprint density at radius 1 is 0.600 bits per heavy atom.